The van der Waals surface area contributed by atoms with Gasteiger partial charge in [-0.25, -0.2) is 0 Å². The maximum absolute atomic E-state index is 12.4. The fraction of sp³-hybridized carbons (Fsp3) is 0.176. The van der Waals surface area contributed by atoms with E-state index in [2.05, 4.69) is 11.4 Å². The molecule has 0 bridgehead atoms. The first-order valence-electron chi connectivity index (χ1n) is 6.59. The number of amides is 1. The lowest BCUT2D eigenvalue weighted by Crippen LogP contribution is -2.13. The molecule has 0 spiro atoms. The topological polar surface area (TPSA) is 52.9 Å². The van der Waals surface area contributed by atoms with Gasteiger partial charge in [0.2, 0.25) is 0 Å². The number of thioether (sulfide) groups is 1. The van der Waals surface area contributed by atoms with Gasteiger partial charge in [0.1, 0.15) is 0 Å². The minimum atomic E-state index is -0.153. The van der Waals surface area contributed by atoms with E-state index < -0.39 is 0 Å². The molecule has 0 aliphatic heterocycles. The molecule has 21 heavy (non-hydrogen) atoms. The van der Waals surface area contributed by atoms with Crippen molar-refractivity contribution in [2.24, 2.45) is 0 Å². The normalized spacial score (nSPS) is 9.95. The first-order valence-corrected chi connectivity index (χ1v) is 7.58. The van der Waals surface area contributed by atoms with Crippen molar-refractivity contribution in [3.63, 3.8) is 0 Å². The fourth-order valence-corrected chi connectivity index (χ4v) is 2.62. The van der Waals surface area contributed by atoms with Crippen molar-refractivity contribution in [3.05, 3.63) is 59.2 Å². The number of carbonyl (C=O) groups excluding carboxylic acids is 1. The van der Waals surface area contributed by atoms with Gasteiger partial charge in [-0.15, -0.1) is 11.8 Å². The van der Waals surface area contributed by atoms with Crippen molar-refractivity contribution < 1.29 is 4.79 Å². The van der Waals surface area contributed by atoms with Crippen molar-refractivity contribution in [3.8, 4) is 6.07 Å². The summed E-state index contributed by atoms with van der Waals surface area (Å²) in [7, 11) is 0. The number of benzene rings is 2. The smallest absolute Gasteiger partial charge is 0.256 e. The van der Waals surface area contributed by atoms with Gasteiger partial charge in [0.15, 0.2) is 0 Å². The minimum absolute atomic E-state index is 0.153. The number of anilines is 1. The van der Waals surface area contributed by atoms with Crippen molar-refractivity contribution in [2.75, 3.05) is 11.1 Å². The highest BCUT2D eigenvalue weighted by atomic mass is 32.2. The van der Waals surface area contributed by atoms with Gasteiger partial charge in [-0.2, -0.15) is 5.26 Å². The molecule has 2 aromatic rings. The van der Waals surface area contributed by atoms with Crippen LogP contribution in [0, 0.1) is 25.2 Å². The molecule has 1 amide bonds. The summed E-state index contributed by atoms with van der Waals surface area (Å²) in [6.07, 6.45) is 0. The van der Waals surface area contributed by atoms with Crippen molar-refractivity contribution in [1.82, 2.24) is 0 Å². The summed E-state index contributed by atoms with van der Waals surface area (Å²) in [6, 6.07) is 15.2. The number of nitriles is 1. The van der Waals surface area contributed by atoms with Gasteiger partial charge in [0, 0.05) is 10.6 Å². The first-order chi connectivity index (χ1) is 10.1. The zero-order chi connectivity index (χ0) is 15.2. The summed E-state index contributed by atoms with van der Waals surface area (Å²) in [4.78, 5) is 13.2. The third-order valence-corrected chi connectivity index (χ3v) is 4.13. The number of hydrogen-bond acceptors (Lipinski definition) is 3. The molecule has 0 aliphatic carbocycles. The molecule has 0 aromatic heterocycles. The third-order valence-electron chi connectivity index (χ3n) is 3.19. The Labute approximate surface area is 129 Å². The Kier molecular flexibility index (Phi) is 5.02. The largest absolute Gasteiger partial charge is 0.322 e. The fourth-order valence-electron chi connectivity index (χ4n) is 1.91. The standard InChI is InChI=1S/C17H16N2OS/c1-12-7-8-14(11-13(12)2)19-17(20)15-5-3-4-6-16(15)21-10-9-18/h3-8,11H,10H2,1-2H3,(H,19,20). The molecule has 2 aromatic carbocycles. The molecule has 0 unspecified atom stereocenters. The lowest BCUT2D eigenvalue weighted by atomic mass is 10.1. The molecule has 0 radical (unpaired) electrons. The second-order valence-corrected chi connectivity index (χ2v) is 5.71. The van der Waals surface area contributed by atoms with Crippen molar-refractivity contribution in [1.29, 1.82) is 5.26 Å². The van der Waals surface area contributed by atoms with Crippen LogP contribution in [0.25, 0.3) is 0 Å². The zero-order valence-electron chi connectivity index (χ0n) is 12.0. The molecular formula is C17H16N2OS. The van der Waals surface area contributed by atoms with Crippen LogP contribution in [-0.4, -0.2) is 11.7 Å². The Morgan fingerprint density at radius 1 is 1.19 bits per heavy atom. The summed E-state index contributed by atoms with van der Waals surface area (Å²) >= 11 is 1.37. The van der Waals surface area contributed by atoms with Crippen LogP contribution in [-0.2, 0) is 0 Å². The van der Waals surface area contributed by atoms with Crippen LogP contribution in [0.4, 0.5) is 5.69 Å². The SMILES string of the molecule is Cc1ccc(NC(=O)c2ccccc2SCC#N)cc1C. The maximum Gasteiger partial charge on any atom is 0.256 e. The van der Waals surface area contributed by atoms with E-state index in [-0.39, 0.29) is 5.91 Å². The number of carbonyl (C=O) groups is 1. The molecule has 0 atom stereocenters. The van der Waals surface area contributed by atoms with E-state index in [1.165, 1.54) is 17.3 Å². The second-order valence-electron chi connectivity index (χ2n) is 4.70. The molecule has 106 valence electrons. The average Bonchev–Trinajstić information content (AvgIpc) is 2.49. The predicted octanol–water partition coefficient (Wildman–Crippen LogP) is 4.17. The van der Waals surface area contributed by atoms with Crippen LogP contribution in [0.1, 0.15) is 21.5 Å². The Morgan fingerprint density at radius 2 is 1.95 bits per heavy atom. The van der Waals surface area contributed by atoms with Crippen LogP contribution in [0.5, 0.6) is 0 Å². The van der Waals surface area contributed by atoms with E-state index in [0.29, 0.717) is 11.3 Å². The number of aryl methyl sites for hydroxylation is 2. The van der Waals surface area contributed by atoms with Gasteiger partial charge in [-0.3, -0.25) is 4.79 Å². The summed E-state index contributed by atoms with van der Waals surface area (Å²) in [6.45, 7) is 4.05. The Balaban J connectivity index is 2.20. The van der Waals surface area contributed by atoms with Gasteiger partial charge < -0.3 is 5.32 Å². The van der Waals surface area contributed by atoms with E-state index in [1.54, 1.807) is 6.07 Å². The van der Waals surface area contributed by atoms with E-state index >= 15 is 0 Å². The van der Waals surface area contributed by atoms with Crippen LogP contribution in [0.15, 0.2) is 47.4 Å². The molecule has 3 nitrogen and oxygen atoms in total. The molecule has 2 rings (SSSR count). The quantitative estimate of drug-likeness (QED) is 0.861. The lowest BCUT2D eigenvalue weighted by molar-refractivity contribution is 0.102. The van der Waals surface area contributed by atoms with E-state index in [4.69, 9.17) is 5.26 Å². The molecule has 0 saturated heterocycles. The molecule has 0 heterocycles. The Hall–Kier alpha value is -2.25. The van der Waals surface area contributed by atoms with E-state index in [0.717, 1.165) is 16.1 Å². The molecule has 4 heteroatoms. The van der Waals surface area contributed by atoms with Crippen molar-refractivity contribution in [2.45, 2.75) is 18.7 Å². The second kappa shape index (κ2) is 6.96. The number of rotatable bonds is 4. The molecular weight excluding hydrogens is 280 g/mol. The summed E-state index contributed by atoms with van der Waals surface area (Å²) in [5, 5.41) is 11.6. The van der Waals surface area contributed by atoms with Crippen molar-refractivity contribution >= 4 is 23.4 Å². The summed E-state index contributed by atoms with van der Waals surface area (Å²) < 4.78 is 0. The van der Waals surface area contributed by atoms with Gasteiger partial charge in [0.05, 0.1) is 17.4 Å². The number of nitrogens with zero attached hydrogens (tertiary/aromatic N) is 1. The summed E-state index contributed by atoms with van der Waals surface area (Å²) in [5.41, 5.74) is 3.71. The van der Waals surface area contributed by atoms with Crippen LogP contribution in [0.3, 0.4) is 0 Å². The van der Waals surface area contributed by atoms with Gasteiger partial charge in [-0.1, -0.05) is 18.2 Å². The first kappa shape index (κ1) is 15.1. The number of hydrogen-bond donors (Lipinski definition) is 1. The van der Waals surface area contributed by atoms with Crippen LogP contribution < -0.4 is 5.32 Å². The van der Waals surface area contributed by atoms with Gasteiger partial charge >= 0.3 is 0 Å². The Morgan fingerprint density at radius 3 is 2.67 bits per heavy atom. The van der Waals surface area contributed by atoms with Gasteiger partial charge in [-0.05, 0) is 49.2 Å². The molecule has 0 saturated carbocycles. The lowest BCUT2D eigenvalue weighted by Gasteiger charge is -2.10. The number of nitrogens with one attached hydrogen (secondary N) is 1. The molecule has 0 aliphatic rings. The molecule has 0 fully saturated rings. The highest BCUT2D eigenvalue weighted by molar-refractivity contribution is 7.99. The zero-order valence-corrected chi connectivity index (χ0v) is 12.8. The van der Waals surface area contributed by atoms with E-state index in [9.17, 15) is 4.79 Å². The predicted molar refractivity (Wildman–Crippen MR) is 86.6 cm³/mol. The van der Waals surface area contributed by atoms with Gasteiger partial charge in [0.25, 0.3) is 5.91 Å². The highest BCUT2D eigenvalue weighted by Crippen LogP contribution is 2.23. The third kappa shape index (κ3) is 3.87. The monoisotopic (exact) mass is 296 g/mol. The molecule has 1 N–H and O–H groups in total. The summed E-state index contributed by atoms with van der Waals surface area (Å²) in [5.74, 6) is 0.174. The maximum atomic E-state index is 12.4. The van der Waals surface area contributed by atoms with Crippen LogP contribution in [0.2, 0.25) is 0 Å². The average molecular weight is 296 g/mol. The van der Waals surface area contributed by atoms with Crippen LogP contribution >= 0.6 is 11.8 Å². The highest BCUT2D eigenvalue weighted by Gasteiger charge is 2.11. The Bertz CT molecular complexity index is 704. The minimum Gasteiger partial charge on any atom is -0.322 e. The van der Waals surface area contributed by atoms with E-state index in [1.807, 2.05) is 50.2 Å².